The van der Waals surface area contributed by atoms with Crippen LogP contribution >= 0.6 is 0 Å². The fraction of sp³-hybridized carbons (Fsp3) is 0.545. The molecule has 4 heterocycles. The number of anilines is 3. The zero-order chi connectivity index (χ0) is 22.5. The lowest BCUT2D eigenvalue weighted by Crippen LogP contribution is -2.36. The minimum absolute atomic E-state index is 0.258. The lowest BCUT2D eigenvalue weighted by molar-refractivity contribution is 0.198. The highest BCUT2D eigenvalue weighted by molar-refractivity contribution is 5.79. The standard InChI is InChI=1S/C22H30N10/c1-4-25-19-20(24-3)28-22(27-18-12-14(2)30-31-18)29-21(19)26-15-6-7-16-8-9-17(13-15)32(16)11-5-10-23/h4,12,15-17H,3,5-9,11,13H2,1-2H3,(H3,26,27,28,29,30,31)/b25-4-/t15-,16?,17+/m1/s1. The van der Waals surface area contributed by atoms with Gasteiger partial charge in [-0.05, 0) is 52.7 Å². The Morgan fingerprint density at radius 1 is 1.31 bits per heavy atom. The fourth-order valence-corrected chi connectivity index (χ4v) is 4.84. The molecule has 0 spiro atoms. The Hall–Kier alpha value is -3.32. The Kier molecular flexibility index (Phi) is 6.75. The number of rotatable bonds is 8. The second kappa shape index (κ2) is 9.87. The normalized spacial score (nSPS) is 23.1. The topological polar surface area (TPSA) is 130 Å². The molecule has 2 saturated heterocycles. The fourth-order valence-electron chi connectivity index (χ4n) is 4.84. The van der Waals surface area contributed by atoms with Crippen LogP contribution in [0.3, 0.4) is 0 Å². The largest absolute Gasteiger partial charge is 0.365 e. The summed E-state index contributed by atoms with van der Waals surface area (Å²) in [5.41, 5.74) is 1.52. The lowest BCUT2D eigenvalue weighted by Gasteiger charge is -2.27. The average Bonchev–Trinajstić information content (AvgIpc) is 3.31. The molecule has 1 unspecified atom stereocenters. The van der Waals surface area contributed by atoms with Gasteiger partial charge in [-0.25, -0.2) is 4.99 Å². The molecule has 2 fully saturated rings. The van der Waals surface area contributed by atoms with Crippen molar-refractivity contribution in [3.63, 3.8) is 0 Å². The molecule has 0 saturated carbocycles. The number of nitriles is 1. The molecular formula is C22H30N10. The van der Waals surface area contributed by atoms with Crippen LogP contribution in [0.5, 0.6) is 0 Å². The molecule has 3 N–H and O–H groups in total. The first kappa shape index (κ1) is 21.9. The molecule has 2 aliphatic rings. The minimum atomic E-state index is 0.258. The van der Waals surface area contributed by atoms with Crippen LogP contribution in [-0.4, -0.2) is 62.7 Å². The molecule has 4 rings (SSSR count). The van der Waals surface area contributed by atoms with Crippen LogP contribution in [0.1, 0.15) is 51.1 Å². The first-order chi connectivity index (χ1) is 15.6. The Labute approximate surface area is 188 Å². The summed E-state index contributed by atoms with van der Waals surface area (Å²) < 4.78 is 0. The van der Waals surface area contributed by atoms with Crippen LogP contribution in [0.15, 0.2) is 16.1 Å². The summed E-state index contributed by atoms with van der Waals surface area (Å²) in [4.78, 5) is 20.3. The molecule has 2 aromatic rings. The smallest absolute Gasteiger partial charge is 0.232 e. The van der Waals surface area contributed by atoms with Gasteiger partial charge in [-0.2, -0.15) is 20.3 Å². The van der Waals surface area contributed by atoms with Gasteiger partial charge in [-0.1, -0.05) is 0 Å². The van der Waals surface area contributed by atoms with E-state index in [0.29, 0.717) is 47.6 Å². The maximum absolute atomic E-state index is 9.03. The summed E-state index contributed by atoms with van der Waals surface area (Å²) in [6.45, 7) is 8.32. The van der Waals surface area contributed by atoms with E-state index in [1.807, 2.05) is 19.9 Å². The van der Waals surface area contributed by atoms with Gasteiger partial charge in [0.05, 0.1) is 6.07 Å². The summed E-state index contributed by atoms with van der Waals surface area (Å²) in [7, 11) is 0. The summed E-state index contributed by atoms with van der Waals surface area (Å²) >= 11 is 0. The van der Waals surface area contributed by atoms with Crippen LogP contribution in [0.4, 0.5) is 29.1 Å². The number of hydrogen-bond acceptors (Lipinski definition) is 9. The van der Waals surface area contributed by atoms with Gasteiger partial charge < -0.3 is 10.6 Å². The number of H-pyrrole nitrogens is 1. The Morgan fingerprint density at radius 3 is 2.84 bits per heavy atom. The number of fused-ring (bicyclic) bond motifs is 2. The van der Waals surface area contributed by atoms with E-state index in [-0.39, 0.29) is 6.04 Å². The number of hydrogen-bond donors (Lipinski definition) is 3. The van der Waals surface area contributed by atoms with Crippen LogP contribution in [0.2, 0.25) is 0 Å². The Bertz CT molecular complexity index is 1020. The lowest BCUT2D eigenvalue weighted by atomic mass is 9.97. The molecule has 3 atom stereocenters. The molecule has 2 aromatic heterocycles. The van der Waals surface area contributed by atoms with Crippen molar-refractivity contribution in [2.24, 2.45) is 9.98 Å². The third-order valence-electron chi connectivity index (χ3n) is 6.22. The maximum Gasteiger partial charge on any atom is 0.232 e. The van der Waals surface area contributed by atoms with Gasteiger partial charge in [-0.3, -0.25) is 15.0 Å². The predicted molar refractivity (Wildman–Crippen MR) is 127 cm³/mol. The van der Waals surface area contributed by atoms with E-state index in [0.717, 1.165) is 31.5 Å². The monoisotopic (exact) mass is 434 g/mol. The van der Waals surface area contributed by atoms with Crippen LogP contribution < -0.4 is 10.6 Å². The van der Waals surface area contributed by atoms with Gasteiger partial charge in [0.1, 0.15) is 5.69 Å². The van der Waals surface area contributed by atoms with Gasteiger partial charge in [0.2, 0.25) is 5.95 Å². The molecule has 168 valence electrons. The van der Waals surface area contributed by atoms with E-state index in [1.165, 1.54) is 12.8 Å². The number of aromatic nitrogens is 4. The van der Waals surface area contributed by atoms with E-state index in [1.54, 1.807) is 6.21 Å². The van der Waals surface area contributed by atoms with Crippen molar-refractivity contribution in [2.75, 3.05) is 17.2 Å². The summed E-state index contributed by atoms with van der Waals surface area (Å²) in [5, 5.41) is 22.9. The van der Waals surface area contributed by atoms with Crippen molar-refractivity contribution < 1.29 is 0 Å². The van der Waals surface area contributed by atoms with Crippen molar-refractivity contribution in [1.82, 2.24) is 25.1 Å². The van der Waals surface area contributed by atoms with Crippen LogP contribution in [0, 0.1) is 18.3 Å². The van der Waals surface area contributed by atoms with Gasteiger partial charge in [0.15, 0.2) is 17.5 Å². The van der Waals surface area contributed by atoms with Crippen LogP contribution in [0.25, 0.3) is 0 Å². The molecule has 0 aliphatic carbocycles. The first-order valence-corrected chi connectivity index (χ1v) is 11.2. The molecule has 0 aromatic carbocycles. The minimum Gasteiger partial charge on any atom is -0.365 e. The summed E-state index contributed by atoms with van der Waals surface area (Å²) in [6.07, 6.45) is 7.87. The van der Waals surface area contributed by atoms with E-state index in [9.17, 15) is 0 Å². The zero-order valence-electron chi connectivity index (χ0n) is 18.7. The van der Waals surface area contributed by atoms with Crippen molar-refractivity contribution in [1.29, 1.82) is 5.26 Å². The van der Waals surface area contributed by atoms with Gasteiger partial charge >= 0.3 is 0 Å². The average molecular weight is 435 g/mol. The number of aryl methyl sites for hydroxylation is 1. The highest BCUT2D eigenvalue weighted by atomic mass is 15.3. The van der Waals surface area contributed by atoms with E-state index >= 15 is 0 Å². The second-order valence-electron chi connectivity index (χ2n) is 8.36. The van der Waals surface area contributed by atoms with E-state index < -0.39 is 0 Å². The highest BCUT2D eigenvalue weighted by Crippen LogP contribution is 2.38. The molecule has 2 aliphatic heterocycles. The molecule has 0 radical (unpaired) electrons. The molecule has 2 bridgehead atoms. The number of aromatic amines is 1. The Morgan fingerprint density at radius 2 is 2.12 bits per heavy atom. The summed E-state index contributed by atoms with van der Waals surface area (Å²) in [6, 6.07) is 5.51. The van der Waals surface area contributed by atoms with E-state index in [2.05, 4.69) is 53.5 Å². The number of aliphatic imine (C=N–C) groups is 2. The molecule has 0 amide bonds. The highest BCUT2D eigenvalue weighted by Gasteiger charge is 2.37. The van der Waals surface area contributed by atoms with Gasteiger partial charge in [-0.15, -0.1) is 0 Å². The quantitative estimate of drug-likeness (QED) is 0.535. The van der Waals surface area contributed by atoms with E-state index in [4.69, 9.17) is 10.2 Å². The summed E-state index contributed by atoms with van der Waals surface area (Å²) in [5.74, 6) is 2.08. The van der Waals surface area contributed by atoms with Crippen molar-refractivity contribution in [3.05, 3.63) is 11.8 Å². The van der Waals surface area contributed by atoms with Gasteiger partial charge in [0.25, 0.3) is 0 Å². The number of nitrogens with one attached hydrogen (secondary N) is 3. The van der Waals surface area contributed by atoms with Gasteiger partial charge in [0, 0.05) is 49.1 Å². The maximum atomic E-state index is 9.03. The predicted octanol–water partition coefficient (Wildman–Crippen LogP) is 4.02. The Balaban J connectivity index is 1.58. The zero-order valence-corrected chi connectivity index (χ0v) is 18.7. The number of nitrogens with zero attached hydrogens (tertiary/aromatic N) is 7. The van der Waals surface area contributed by atoms with Crippen molar-refractivity contribution in [3.8, 4) is 6.07 Å². The van der Waals surface area contributed by atoms with Crippen molar-refractivity contribution >= 4 is 42.0 Å². The molecule has 32 heavy (non-hydrogen) atoms. The molecule has 10 heteroatoms. The molecule has 10 nitrogen and oxygen atoms in total. The molecular weight excluding hydrogens is 404 g/mol. The third-order valence-corrected chi connectivity index (χ3v) is 6.22. The van der Waals surface area contributed by atoms with Crippen LogP contribution in [-0.2, 0) is 0 Å². The van der Waals surface area contributed by atoms with Crippen molar-refractivity contribution in [2.45, 2.75) is 70.5 Å². The first-order valence-electron chi connectivity index (χ1n) is 11.2. The SMILES string of the molecule is C=Nc1nc(Nc2cc(C)[nH]n2)nc(N[C@@H]2CCC3CC[C@@H](C2)N3CCC#N)c1/N=C\C. The third kappa shape index (κ3) is 4.78. The second-order valence-corrected chi connectivity index (χ2v) is 8.36.